The molecule has 0 atom stereocenters. The highest BCUT2D eigenvalue weighted by Crippen LogP contribution is 2.28. The number of rotatable bonds is 3. The molecule has 0 aliphatic heterocycles. The van der Waals surface area contributed by atoms with Gasteiger partial charge in [0.15, 0.2) is 11.5 Å². The minimum absolute atomic E-state index is 0.633. The second-order valence-corrected chi connectivity index (χ2v) is 2.78. The van der Waals surface area contributed by atoms with Crippen molar-refractivity contribution in [3.8, 4) is 11.5 Å². The van der Waals surface area contributed by atoms with Crippen molar-refractivity contribution < 1.29 is 9.47 Å². The van der Waals surface area contributed by atoms with Gasteiger partial charge in [0, 0.05) is 4.90 Å². The van der Waals surface area contributed by atoms with Gasteiger partial charge in [0.2, 0.25) is 0 Å². The zero-order valence-corrected chi connectivity index (χ0v) is 8.10. The van der Waals surface area contributed by atoms with Gasteiger partial charge in [0.1, 0.15) is 0 Å². The first-order chi connectivity index (χ1) is 5.77. The van der Waals surface area contributed by atoms with E-state index in [9.17, 15) is 0 Å². The summed E-state index contributed by atoms with van der Waals surface area (Å²) < 4.78 is 10.4. The SMILES string of the molecule is CCOc1cc(S)ccc1OC. The van der Waals surface area contributed by atoms with Crippen LogP contribution in [0.1, 0.15) is 6.92 Å². The van der Waals surface area contributed by atoms with Crippen LogP contribution in [0.4, 0.5) is 0 Å². The molecule has 0 spiro atoms. The molecule has 3 heteroatoms. The predicted octanol–water partition coefficient (Wildman–Crippen LogP) is 2.38. The van der Waals surface area contributed by atoms with E-state index in [0.29, 0.717) is 6.61 Å². The molecule has 1 aromatic carbocycles. The Bertz CT molecular complexity index is 261. The van der Waals surface area contributed by atoms with E-state index in [1.54, 1.807) is 7.11 Å². The Labute approximate surface area is 77.9 Å². The Balaban J connectivity index is 2.95. The molecule has 0 aliphatic rings. The fourth-order valence-corrected chi connectivity index (χ4v) is 1.13. The molecule has 0 fully saturated rings. The Morgan fingerprint density at radius 2 is 2.08 bits per heavy atom. The molecule has 0 heterocycles. The second kappa shape index (κ2) is 4.26. The standard InChI is InChI=1S/C9H12O2S/c1-3-11-9-6-7(12)4-5-8(9)10-2/h4-6,12H,3H2,1-2H3. The van der Waals surface area contributed by atoms with Crippen LogP contribution < -0.4 is 9.47 Å². The third-order valence-electron chi connectivity index (χ3n) is 1.45. The molecule has 0 radical (unpaired) electrons. The number of benzene rings is 1. The first-order valence-corrected chi connectivity index (χ1v) is 4.22. The molecule has 12 heavy (non-hydrogen) atoms. The first kappa shape index (κ1) is 9.26. The average Bonchev–Trinajstić information content (AvgIpc) is 2.05. The highest BCUT2D eigenvalue weighted by atomic mass is 32.1. The molecule has 0 aromatic heterocycles. The summed E-state index contributed by atoms with van der Waals surface area (Å²) in [5.41, 5.74) is 0. The van der Waals surface area contributed by atoms with Crippen LogP contribution in [-0.4, -0.2) is 13.7 Å². The molecule has 0 amide bonds. The van der Waals surface area contributed by atoms with Gasteiger partial charge in [-0.3, -0.25) is 0 Å². The van der Waals surface area contributed by atoms with E-state index in [2.05, 4.69) is 12.6 Å². The van der Waals surface area contributed by atoms with Gasteiger partial charge in [-0.05, 0) is 25.1 Å². The fraction of sp³-hybridized carbons (Fsp3) is 0.333. The molecule has 0 aliphatic carbocycles. The zero-order valence-electron chi connectivity index (χ0n) is 7.20. The third kappa shape index (κ3) is 2.08. The fourth-order valence-electron chi connectivity index (χ4n) is 0.934. The molecule has 1 aromatic rings. The lowest BCUT2D eigenvalue weighted by Crippen LogP contribution is -1.94. The molecule has 0 saturated carbocycles. The maximum absolute atomic E-state index is 5.33. The normalized spacial score (nSPS) is 9.58. The molecule has 0 N–H and O–H groups in total. The van der Waals surface area contributed by atoms with E-state index in [1.807, 2.05) is 25.1 Å². The zero-order chi connectivity index (χ0) is 8.97. The summed E-state index contributed by atoms with van der Waals surface area (Å²) >= 11 is 4.20. The monoisotopic (exact) mass is 184 g/mol. The number of hydrogen-bond acceptors (Lipinski definition) is 3. The van der Waals surface area contributed by atoms with Gasteiger partial charge < -0.3 is 9.47 Å². The van der Waals surface area contributed by atoms with Crippen LogP contribution in [-0.2, 0) is 0 Å². The summed E-state index contributed by atoms with van der Waals surface area (Å²) in [5.74, 6) is 1.49. The average molecular weight is 184 g/mol. The molecule has 2 nitrogen and oxygen atoms in total. The second-order valence-electron chi connectivity index (χ2n) is 2.27. The first-order valence-electron chi connectivity index (χ1n) is 3.77. The highest BCUT2D eigenvalue weighted by molar-refractivity contribution is 7.80. The van der Waals surface area contributed by atoms with Crippen LogP contribution in [0.2, 0.25) is 0 Å². The summed E-state index contributed by atoms with van der Waals surface area (Å²) in [6.07, 6.45) is 0. The van der Waals surface area contributed by atoms with Gasteiger partial charge in [0.25, 0.3) is 0 Å². The van der Waals surface area contributed by atoms with Gasteiger partial charge in [-0.25, -0.2) is 0 Å². The van der Waals surface area contributed by atoms with Crippen LogP contribution in [0, 0.1) is 0 Å². The maximum atomic E-state index is 5.33. The Morgan fingerprint density at radius 3 is 2.67 bits per heavy atom. The van der Waals surface area contributed by atoms with E-state index in [1.165, 1.54) is 0 Å². The highest BCUT2D eigenvalue weighted by Gasteiger charge is 2.02. The Hall–Kier alpha value is -0.830. The van der Waals surface area contributed by atoms with Crippen molar-refractivity contribution in [2.75, 3.05) is 13.7 Å². The van der Waals surface area contributed by atoms with Crippen molar-refractivity contribution in [2.45, 2.75) is 11.8 Å². The predicted molar refractivity (Wildman–Crippen MR) is 51.4 cm³/mol. The van der Waals surface area contributed by atoms with E-state index in [4.69, 9.17) is 9.47 Å². The molecular weight excluding hydrogens is 172 g/mol. The van der Waals surface area contributed by atoms with Crippen molar-refractivity contribution in [3.63, 3.8) is 0 Å². The molecule has 0 unspecified atom stereocenters. The third-order valence-corrected chi connectivity index (χ3v) is 1.73. The lowest BCUT2D eigenvalue weighted by atomic mass is 10.3. The topological polar surface area (TPSA) is 18.5 Å². The number of thiol groups is 1. The summed E-state index contributed by atoms with van der Waals surface area (Å²) in [5, 5.41) is 0. The number of hydrogen-bond donors (Lipinski definition) is 1. The minimum Gasteiger partial charge on any atom is -0.493 e. The largest absolute Gasteiger partial charge is 0.493 e. The van der Waals surface area contributed by atoms with Gasteiger partial charge in [-0.15, -0.1) is 12.6 Å². The van der Waals surface area contributed by atoms with Crippen molar-refractivity contribution in [3.05, 3.63) is 18.2 Å². The minimum atomic E-state index is 0.633. The maximum Gasteiger partial charge on any atom is 0.162 e. The van der Waals surface area contributed by atoms with Crippen molar-refractivity contribution in [1.82, 2.24) is 0 Å². The van der Waals surface area contributed by atoms with Crippen LogP contribution in [0.5, 0.6) is 11.5 Å². The van der Waals surface area contributed by atoms with Crippen LogP contribution in [0.3, 0.4) is 0 Å². The molecule has 1 rings (SSSR count). The summed E-state index contributed by atoms with van der Waals surface area (Å²) in [7, 11) is 1.62. The van der Waals surface area contributed by atoms with Gasteiger partial charge in [0.05, 0.1) is 13.7 Å². The summed E-state index contributed by atoms with van der Waals surface area (Å²) in [6.45, 7) is 2.57. The molecule has 0 bridgehead atoms. The van der Waals surface area contributed by atoms with Gasteiger partial charge >= 0.3 is 0 Å². The quantitative estimate of drug-likeness (QED) is 0.727. The Morgan fingerprint density at radius 1 is 1.33 bits per heavy atom. The van der Waals surface area contributed by atoms with E-state index >= 15 is 0 Å². The van der Waals surface area contributed by atoms with E-state index < -0.39 is 0 Å². The summed E-state index contributed by atoms with van der Waals surface area (Å²) in [4.78, 5) is 0.874. The molecular formula is C9H12O2S. The lowest BCUT2D eigenvalue weighted by Gasteiger charge is -2.08. The lowest BCUT2D eigenvalue weighted by molar-refractivity contribution is 0.310. The van der Waals surface area contributed by atoms with Crippen LogP contribution in [0.25, 0.3) is 0 Å². The number of methoxy groups -OCH3 is 1. The van der Waals surface area contributed by atoms with Crippen molar-refractivity contribution >= 4 is 12.6 Å². The number of ether oxygens (including phenoxy) is 2. The Kier molecular flexibility index (Phi) is 3.29. The summed E-state index contributed by atoms with van der Waals surface area (Å²) in [6, 6.07) is 5.54. The van der Waals surface area contributed by atoms with E-state index in [-0.39, 0.29) is 0 Å². The van der Waals surface area contributed by atoms with Gasteiger partial charge in [-0.2, -0.15) is 0 Å². The van der Waals surface area contributed by atoms with Crippen molar-refractivity contribution in [2.24, 2.45) is 0 Å². The van der Waals surface area contributed by atoms with E-state index in [0.717, 1.165) is 16.4 Å². The van der Waals surface area contributed by atoms with Crippen molar-refractivity contribution in [1.29, 1.82) is 0 Å². The smallest absolute Gasteiger partial charge is 0.162 e. The van der Waals surface area contributed by atoms with Gasteiger partial charge in [-0.1, -0.05) is 0 Å². The molecule has 66 valence electrons. The van der Waals surface area contributed by atoms with Crippen LogP contribution >= 0.6 is 12.6 Å². The van der Waals surface area contributed by atoms with Crippen LogP contribution in [0.15, 0.2) is 23.1 Å². The molecule has 0 saturated heterocycles.